The fourth-order valence-electron chi connectivity index (χ4n) is 1.44. The molecule has 0 bridgehead atoms. The predicted octanol–water partition coefficient (Wildman–Crippen LogP) is 2.84. The molecule has 0 aliphatic heterocycles. The van der Waals surface area contributed by atoms with Gasteiger partial charge in [0.1, 0.15) is 5.82 Å². The lowest BCUT2D eigenvalue weighted by Gasteiger charge is -2.22. The van der Waals surface area contributed by atoms with Crippen LogP contribution in [0, 0.1) is 0 Å². The maximum absolute atomic E-state index is 10.9. The highest BCUT2D eigenvalue weighted by atomic mass is 35.5. The number of hydrogen-bond donors (Lipinski definition) is 1. The molecule has 0 radical (unpaired) electrons. The molecule has 0 fully saturated rings. The van der Waals surface area contributed by atoms with Gasteiger partial charge in [0.2, 0.25) is 0 Å². The number of pyridine rings is 1. The number of halogens is 1. The summed E-state index contributed by atoms with van der Waals surface area (Å²) in [5.74, 6) is -0.527. The van der Waals surface area contributed by atoms with Crippen molar-refractivity contribution < 1.29 is 9.90 Å². The second-order valence-electron chi connectivity index (χ2n) is 3.78. The van der Waals surface area contributed by atoms with Crippen molar-refractivity contribution in [2.75, 3.05) is 18.0 Å². The van der Waals surface area contributed by atoms with E-state index in [1.165, 1.54) is 0 Å². The zero-order chi connectivity index (χ0) is 13.0. The Bertz CT molecular complexity index is 446. The Labute approximate surface area is 106 Å². The van der Waals surface area contributed by atoms with Crippen LogP contribution in [0.3, 0.4) is 0 Å². The summed E-state index contributed by atoms with van der Waals surface area (Å²) in [4.78, 5) is 16.9. The number of nitrogens with zero attached hydrogens (tertiary/aromatic N) is 2. The molecule has 0 spiro atoms. The molecule has 92 valence electrons. The van der Waals surface area contributed by atoms with Gasteiger partial charge in [-0.3, -0.25) is 0 Å². The fraction of sp³-hybridized carbons (Fsp3) is 0.333. The SMILES string of the molecule is C=C(C)CN(CC)c1ccc(Cl)c(C(=O)O)n1. The molecule has 0 atom stereocenters. The van der Waals surface area contributed by atoms with Crippen molar-refractivity contribution in [2.45, 2.75) is 13.8 Å². The lowest BCUT2D eigenvalue weighted by molar-refractivity contribution is 0.0691. The number of likely N-dealkylation sites (N-methyl/N-ethyl adjacent to an activating group) is 1. The lowest BCUT2D eigenvalue weighted by atomic mass is 10.3. The summed E-state index contributed by atoms with van der Waals surface area (Å²) < 4.78 is 0. The molecule has 5 heteroatoms. The van der Waals surface area contributed by atoms with Gasteiger partial charge in [0.05, 0.1) is 5.02 Å². The second-order valence-corrected chi connectivity index (χ2v) is 4.18. The number of aromatic nitrogens is 1. The molecule has 0 amide bonds. The normalized spacial score (nSPS) is 10.1. The Morgan fingerprint density at radius 3 is 2.71 bits per heavy atom. The van der Waals surface area contributed by atoms with Crippen LogP contribution in [0.15, 0.2) is 24.3 Å². The maximum atomic E-state index is 10.9. The van der Waals surface area contributed by atoms with Crippen LogP contribution >= 0.6 is 11.6 Å². The molecule has 1 heterocycles. The van der Waals surface area contributed by atoms with Gasteiger partial charge in [-0.1, -0.05) is 23.8 Å². The molecule has 0 unspecified atom stereocenters. The first kappa shape index (κ1) is 13.5. The van der Waals surface area contributed by atoms with Crippen molar-refractivity contribution in [2.24, 2.45) is 0 Å². The Morgan fingerprint density at radius 1 is 1.59 bits per heavy atom. The highest BCUT2D eigenvalue weighted by Crippen LogP contribution is 2.19. The Balaban J connectivity index is 3.08. The number of hydrogen-bond acceptors (Lipinski definition) is 3. The van der Waals surface area contributed by atoms with Crippen molar-refractivity contribution >= 4 is 23.4 Å². The minimum Gasteiger partial charge on any atom is -0.476 e. The monoisotopic (exact) mass is 254 g/mol. The van der Waals surface area contributed by atoms with Crippen LogP contribution in [-0.4, -0.2) is 29.1 Å². The van der Waals surface area contributed by atoms with Crippen molar-refractivity contribution in [3.8, 4) is 0 Å². The van der Waals surface area contributed by atoms with E-state index in [4.69, 9.17) is 16.7 Å². The van der Waals surface area contributed by atoms with E-state index in [1.54, 1.807) is 12.1 Å². The minimum atomic E-state index is -1.12. The molecule has 0 saturated heterocycles. The van der Waals surface area contributed by atoms with Crippen LogP contribution in [0.25, 0.3) is 0 Å². The van der Waals surface area contributed by atoms with Gasteiger partial charge in [-0.2, -0.15) is 0 Å². The molecule has 0 aliphatic rings. The zero-order valence-electron chi connectivity index (χ0n) is 9.90. The first-order valence-electron chi connectivity index (χ1n) is 5.24. The van der Waals surface area contributed by atoms with E-state index >= 15 is 0 Å². The maximum Gasteiger partial charge on any atom is 0.356 e. The summed E-state index contributed by atoms with van der Waals surface area (Å²) in [7, 11) is 0. The predicted molar refractivity (Wildman–Crippen MR) is 68.9 cm³/mol. The summed E-state index contributed by atoms with van der Waals surface area (Å²) in [6, 6.07) is 3.26. The molecule has 17 heavy (non-hydrogen) atoms. The van der Waals surface area contributed by atoms with Gasteiger partial charge in [0.15, 0.2) is 5.69 Å². The largest absolute Gasteiger partial charge is 0.476 e. The topological polar surface area (TPSA) is 53.4 Å². The standard InChI is InChI=1S/C12H15ClN2O2/c1-4-15(7-8(2)3)10-6-5-9(13)11(14-10)12(16)17/h5-6H,2,4,7H2,1,3H3,(H,16,17). The number of carboxylic acids is 1. The van der Waals surface area contributed by atoms with E-state index in [-0.39, 0.29) is 10.7 Å². The zero-order valence-corrected chi connectivity index (χ0v) is 10.7. The summed E-state index contributed by atoms with van der Waals surface area (Å²) in [6.07, 6.45) is 0. The summed E-state index contributed by atoms with van der Waals surface area (Å²) in [5, 5.41) is 9.09. The van der Waals surface area contributed by atoms with Gasteiger partial charge in [-0.25, -0.2) is 9.78 Å². The number of aromatic carboxylic acids is 1. The molecular weight excluding hydrogens is 240 g/mol. The Morgan fingerprint density at radius 2 is 2.24 bits per heavy atom. The van der Waals surface area contributed by atoms with E-state index in [9.17, 15) is 4.79 Å². The summed E-state index contributed by atoms with van der Waals surface area (Å²) in [6.45, 7) is 9.08. The Kier molecular flexibility index (Phi) is 4.52. The molecule has 0 saturated carbocycles. The highest BCUT2D eigenvalue weighted by Gasteiger charge is 2.14. The van der Waals surface area contributed by atoms with Crippen molar-refractivity contribution in [1.82, 2.24) is 4.98 Å². The third kappa shape index (κ3) is 3.46. The smallest absolute Gasteiger partial charge is 0.356 e. The average molecular weight is 255 g/mol. The lowest BCUT2D eigenvalue weighted by Crippen LogP contribution is -2.26. The van der Waals surface area contributed by atoms with Crippen LogP contribution < -0.4 is 4.90 Å². The van der Waals surface area contributed by atoms with E-state index in [2.05, 4.69) is 11.6 Å². The average Bonchev–Trinajstić information content (AvgIpc) is 2.26. The molecule has 1 aromatic heterocycles. The van der Waals surface area contributed by atoms with Crippen LogP contribution in [0.5, 0.6) is 0 Å². The highest BCUT2D eigenvalue weighted by molar-refractivity contribution is 6.33. The van der Waals surface area contributed by atoms with E-state index < -0.39 is 5.97 Å². The molecule has 1 N–H and O–H groups in total. The van der Waals surface area contributed by atoms with Crippen LogP contribution in [0.4, 0.5) is 5.82 Å². The quantitative estimate of drug-likeness (QED) is 0.821. The third-order valence-electron chi connectivity index (χ3n) is 2.20. The summed E-state index contributed by atoms with van der Waals surface area (Å²) >= 11 is 5.77. The molecular formula is C12H15ClN2O2. The van der Waals surface area contributed by atoms with Crippen molar-refractivity contribution in [1.29, 1.82) is 0 Å². The van der Waals surface area contributed by atoms with E-state index in [0.717, 1.165) is 12.1 Å². The van der Waals surface area contributed by atoms with Crippen molar-refractivity contribution in [3.05, 3.63) is 35.0 Å². The second kappa shape index (κ2) is 5.68. The van der Waals surface area contributed by atoms with Crippen LogP contribution in [0.2, 0.25) is 5.02 Å². The summed E-state index contributed by atoms with van der Waals surface area (Å²) in [5.41, 5.74) is 0.866. The van der Waals surface area contributed by atoms with Crippen LogP contribution in [-0.2, 0) is 0 Å². The van der Waals surface area contributed by atoms with Gasteiger partial charge in [-0.15, -0.1) is 0 Å². The van der Waals surface area contributed by atoms with E-state index in [0.29, 0.717) is 12.4 Å². The van der Waals surface area contributed by atoms with Gasteiger partial charge in [0.25, 0.3) is 0 Å². The van der Waals surface area contributed by atoms with Crippen molar-refractivity contribution in [3.63, 3.8) is 0 Å². The number of carboxylic acid groups (broad SMARTS) is 1. The fourth-order valence-corrected chi connectivity index (χ4v) is 1.62. The minimum absolute atomic E-state index is 0.121. The third-order valence-corrected chi connectivity index (χ3v) is 2.51. The number of anilines is 1. The van der Waals surface area contributed by atoms with Gasteiger partial charge < -0.3 is 10.0 Å². The van der Waals surface area contributed by atoms with Gasteiger partial charge in [-0.05, 0) is 26.0 Å². The van der Waals surface area contributed by atoms with Gasteiger partial charge >= 0.3 is 5.97 Å². The molecule has 0 aromatic carbocycles. The number of rotatable bonds is 5. The molecule has 4 nitrogen and oxygen atoms in total. The molecule has 1 rings (SSSR count). The first-order chi connectivity index (χ1) is 7.95. The number of carbonyl (C=O) groups is 1. The van der Waals surface area contributed by atoms with E-state index in [1.807, 2.05) is 18.7 Å². The first-order valence-corrected chi connectivity index (χ1v) is 5.62. The van der Waals surface area contributed by atoms with Gasteiger partial charge in [0, 0.05) is 13.1 Å². The molecule has 0 aliphatic carbocycles. The molecule has 1 aromatic rings. The Hall–Kier alpha value is -1.55. The van der Waals surface area contributed by atoms with Crippen LogP contribution in [0.1, 0.15) is 24.3 Å².